The van der Waals surface area contributed by atoms with Crippen LogP contribution >= 0.6 is 0 Å². The molecule has 0 bridgehead atoms. The van der Waals surface area contributed by atoms with Crippen molar-refractivity contribution in [2.24, 2.45) is 0 Å². The third-order valence-corrected chi connectivity index (χ3v) is 3.91. The average Bonchev–Trinajstić information content (AvgIpc) is 2.72. The third kappa shape index (κ3) is 3.35. The highest BCUT2D eigenvalue weighted by Gasteiger charge is 2.33. The van der Waals surface area contributed by atoms with Gasteiger partial charge >= 0.3 is 6.03 Å². The number of fused-ring (bicyclic) bond motifs is 1. The third-order valence-electron chi connectivity index (χ3n) is 3.91. The minimum absolute atomic E-state index is 0.100. The van der Waals surface area contributed by atoms with Gasteiger partial charge in [0, 0.05) is 12.6 Å². The van der Waals surface area contributed by atoms with Gasteiger partial charge in [-0.3, -0.25) is 0 Å². The van der Waals surface area contributed by atoms with Crippen LogP contribution in [0.25, 0.3) is 0 Å². The Hall–Kier alpha value is -1.62. The maximum absolute atomic E-state index is 13.3. The van der Waals surface area contributed by atoms with E-state index in [2.05, 4.69) is 5.32 Å². The molecule has 21 heavy (non-hydrogen) atoms. The summed E-state index contributed by atoms with van der Waals surface area (Å²) in [6.07, 6.45) is 0.556. The van der Waals surface area contributed by atoms with Crippen molar-refractivity contribution < 1.29 is 14.3 Å². The molecule has 2 amide bonds. The predicted octanol–water partition coefficient (Wildman–Crippen LogP) is 2.61. The van der Waals surface area contributed by atoms with Crippen molar-refractivity contribution in [2.75, 3.05) is 6.54 Å². The molecule has 1 aromatic carbocycles. The van der Waals surface area contributed by atoms with Gasteiger partial charge in [-0.1, -0.05) is 13.0 Å². The standard InChI is InChI=1S/C16H23FN2O2/c1-4-7-19(10(2)3)16(21)18-14-8-11-5-6-12(17)9-13(11)15(14)20/h5-6,9-10,14-15,20H,4,7-8H2,1-3H3,(H,18,21). The number of hydrogen-bond donors (Lipinski definition) is 2. The highest BCUT2D eigenvalue weighted by Crippen LogP contribution is 2.32. The van der Waals surface area contributed by atoms with Gasteiger partial charge in [-0.15, -0.1) is 0 Å². The number of nitrogens with one attached hydrogen (secondary N) is 1. The van der Waals surface area contributed by atoms with Crippen molar-refractivity contribution in [2.45, 2.75) is 51.8 Å². The Morgan fingerprint density at radius 1 is 1.52 bits per heavy atom. The highest BCUT2D eigenvalue weighted by molar-refractivity contribution is 5.75. The van der Waals surface area contributed by atoms with Crippen LogP contribution in [0.3, 0.4) is 0 Å². The van der Waals surface area contributed by atoms with E-state index in [0.717, 1.165) is 12.0 Å². The molecule has 0 aromatic heterocycles. The van der Waals surface area contributed by atoms with Crippen LogP contribution in [-0.2, 0) is 6.42 Å². The summed E-state index contributed by atoms with van der Waals surface area (Å²) in [5.41, 5.74) is 1.47. The fraction of sp³-hybridized carbons (Fsp3) is 0.562. The highest BCUT2D eigenvalue weighted by atomic mass is 19.1. The summed E-state index contributed by atoms with van der Waals surface area (Å²) in [7, 11) is 0. The van der Waals surface area contributed by atoms with Crippen LogP contribution in [0.1, 0.15) is 44.4 Å². The number of carbonyl (C=O) groups is 1. The minimum atomic E-state index is -0.852. The molecule has 0 heterocycles. The van der Waals surface area contributed by atoms with Crippen LogP contribution in [0.5, 0.6) is 0 Å². The van der Waals surface area contributed by atoms with Crippen molar-refractivity contribution >= 4 is 6.03 Å². The quantitative estimate of drug-likeness (QED) is 0.897. The number of rotatable bonds is 4. The van der Waals surface area contributed by atoms with Gasteiger partial charge in [0.25, 0.3) is 0 Å². The second-order valence-electron chi connectivity index (χ2n) is 5.84. The summed E-state index contributed by atoms with van der Waals surface area (Å²) in [5.74, 6) is -0.366. The summed E-state index contributed by atoms with van der Waals surface area (Å²) >= 11 is 0. The van der Waals surface area contributed by atoms with Crippen LogP contribution in [0, 0.1) is 5.82 Å². The molecule has 2 unspecified atom stereocenters. The van der Waals surface area contributed by atoms with Crippen LogP contribution in [-0.4, -0.2) is 34.7 Å². The van der Waals surface area contributed by atoms with Gasteiger partial charge in [-0.05, 0) is 49.9 Å². The zero-order valence-electron chi connectivity index (χ0n) is 12.8. The van der Waals surface area contributed by atoms with Gasteiger partial charge in [0.2, 0.25) is 0 Å². The molecular weight excluding hydrogens is 271 g/mol. The minimum Gasteiger partial charge on any atom is -0.386 e. The number of urea groups is 1. The molecule has 2 N–H and O–H groups in total. The molecule has 4 nitrogen and oxygen atoms in total. The molecule has 0 fully saturated rings. The second-order valence-corrected chi connectivity index (χ2v) is 5.84. The van der Waals surface area contributed by atoms with E-state index in [4.69, 9.17) is 0 Å². The lowest BCUT2D eigenvalue weighted by atomic mass is 10.1. The van der Waals surface area contributed by atoms with Gasteiger partial charge in [0.15, 0.2) is 0 Å². The molecule has 1 aliphatic carbocycles. The van der Waals surface area contributed by atoms with Gasteiger partial charge in [0.1, 0.15) is 5.82 Å². The number of amides is 2. The lowest BCUT2D eigenvalue weighted by Gasteiger charge is -2.29. The molecule has 116 valence electrons. The van der Waals surface area contributed by atoms with Crippen molar-refractivity contribution in [3.05, 3.63) is 35.1 Å². The van der Waals surface area contributed by atoms with Crippen LogP contribution in [0.4, 0.5) is 9.18 Å². The largest absolute Gasteiger partial charge is 0.386 e. The van der Waals surface area contributed by atoms with Gasteiger partial charge in [-0.2, -0.15) is 0 Å². The zero-order chi connectivity index (χ0) is 15.6. The Kier molecular flexibility index (Phi) is 4.83. The number of carbonyl (C=O) groups excluding carboxylic acids is 1. The maximum atomic E-state index is 13.3. The summed E-state index contributed by atoms with van der Waals surface area (Å²) in [4.78, 5) is 14.1. The van der Waals surface area contributed by atoms with Crippen LogP contribution in [0.15, 0.2) is 18.2 Å². The van der Waals surface area contributed by atoms with Crippen molar-refractivity contribution in [3.8, 4) is 0 Å². The molecule has 0 aliphatic heterocycles. The summed E-state index contributed by atoms with van der Waals surface area (Å²) in [6.45, 7) is 6.62. The molecule has 2 atom stereocenters. The topological polar surface area (TPSA) is 52.6 Å². The van der Waals surface area contributed by atoms with Crippen LogP contribution < -0.4 is 5.32 Å². The molecule has 0 spiro atoms. The summed E-state index contributed by atoms with van der Waals surface area (Å²) < 4.78 is 13.3. The SMILES string of the molecule is CCCN(C(=O)NC1Cc2ccc(F)cc2C1O)C(C)C. The molecule has 0 saturated heterocycles. The van der Waals surface area contributed by atoms with Crippen molar-refractivity contribution in [3.63, 3.8) is 0 Å². The van der Waals surface area contributed by atoms with E-state index < -0.39 is 12.1 Å². The Balaban J connectivity index is 2.06. The Bertz CT molecular complexity index is 519. The van der Waals surface area contributed by atoms with Crippen LogP contribution in [0.2, 0.25) is 0 Å². The predicted molar refractivity (Wildman–Crippen MR) is 79.5 cm³/mol. The monoisotopic (exact) mass is 294 g/mol. The van der Waals surface area contributed by atoms with E-state index in [0.29, 0.717) is 18.5 Å². The second kappa shape index (κ2) is 6.43. The fourth-order valence-electron chi connectivity index (χ4n) is 2.80. The normalized spacial score (nSPS) is 20.5. The van der Waals surface area contributed by atoms with Gasteiger partial charge in [0.05, 0.1) is 12.1 Å². The molecule has 1 aliphatic rings. The number of aliphatic hydroxyl groups is 1. The number of aliphatic hydroxyl groups excluding tert-OH is 1. The molecule has 1 aromatic rings. The first-order chi connectivity index (χ1) is 9.93. The summed E-state index contributed by atoms with van der Waals surface area (Å²) in [5, 5.41) is 13.1. The van der Waals surface area contributed by atoms with E-state index in [1.165, 1.54) is 12.1 Å². The molecule has 5 heteroatoms. The molecular formula is C16H23FN2O2. The zero-order valence-corrected chi connectivity index (χ0v) is 12.8. The number of halogens is 1. The summed E-state index contributed by atoms with van der Waals surface area (Å²) in [6, 6.07) is 3.93. The van der Waals surface area contributed by atoms with E-state index in [1.807, 2.05) is 20.8 Å². The lowest BCUT2D eigenvalue weighted by Crippen LogP contribution is -2.49. The smallest absolute Gasteiger partial charge is 0.317 e. The van der Waals surface area contributed by atoms with E-state index in [9.17, 15) is 14.3 Å². The first-order valence-electron chi connectivity index (χ1n) is 7.47. The average molecular weight is 294 g/mol. The lowest BCUT2D eigenvalue weighted by molar-refractivity contribution is 0.130. The Morgan fingerprint density at radius 2 is 2.24 bits per heavy atom. The molecule has 0 radical (unpaired) electrons. The first-order valence-corrected chi connectivity index (χ1v) is 7.47. The number of hydrogen-bond acceptors (Lipinski definition) is 2. The van der Waals surface area contributed by atoms with Crippen molar-refractivity contribution in [1.29, 1.82) is 0 Å². The Morgan fingerprint density at radius 3 is 2.86 bits per heavy atom. The molecule has 0 saturated carbocycles. The maximum Gasteiger partial charge on any atom is 0.317 e. The first kappa shape index (κ1) is 15.8. The van der Waals surface area contributed by atoms with Crippen molar-refractivity contribution in [1.82, 2.24) is 10.2 Å². The number of nitrogens with zero attached hydrogens (tertiary/aromatic N) is 1. The fourth-order valence-corrected chi connectivity index (χ4v) is 2.80. The number of benzene rings is 1. The van der Waals surface area contributed by atoms with E-state index in [-0.39, 0.29) is 17.9 Å². The van der Waals surface area contributed by atoms with Gasteiger partial charge in [-0.25, -0.2) is 9.18 Å². The van der Waals surface area contributed by atoms with Gasteiger partial charge < -0.3 is 15.3 Å². The van der Waals surface area contributed by atoms with E-state index >= 15 is 0 Å². The molecule has 2 rings (SSSR count). The van der Waals surface area contributed by atoms with E-state index in [1.54, 1.807) is 11.0 Å². The Labute approximate surface area is 125 Å².